The molecular formula is C16H15N3O2S. The lowest BCUT2D eigenvalue weighted by Gasteiger charge is -2.19. The van der Waals surface area contributed by atoms with Gasteiger partial charge in [0.2, 0.25) is 0 Å². The number of nitriles is 1. The number of hydrogen-bond acceptors (Lipinski definition) is 5. The SMILES string of the molecule is CSc1ccc(CN(C)c2ccc(C#N)cc2[N+](=O)[O-])cc1. The Kier molecular flexibility index (Phi) is 5.02. The highest BCUT2D eigenvalue weighted by atomic mass is 32.2. The summed E-state index contributed by atoms with van der Waals surface area (Å²) < 4.78 is 0. The minimum Gasteiger partial charge on any atom is -0.365 e. The maximum Gasteiger partial charge on any atom is 0.293 e. The Morgan fingerprint density at radius 1 is 1.27 bits per heavy atom. The number of nitrogens with zero attached hydrogens (tertiary/aromatic N) is 3. The Bertz CT molecular complexity index is 723. The average molecular weight is 313 g/mol. The van der Waals surface area contributed by atoms with Gasteiger partial charge in [-0.25, -0.2) is 0 Å². The minimum absolute atomic E-state index is 0.0534. The van der Waals surface area contributed by atoms with Crippen LogP contribution in [-0.4, -0.2) is 18.2 Å². The summed E-state index contributed by atoms with van der Waals surface area (Å²) >= 11 is 1.67. The van der Waals surface area contributed by atoms with E-state index >= 15 is 0 Å². The normalized spacial score (nSPS) is 10.0. The molecule has 0 heterocycles. The van der Waals surface area contributed by atoms with Gasteiger partial charge in [-0.1, -0.05) is 12.1 Å². The van der Waals surface area contributed by atoms with Gasteiger partial charge < -0.3 is 4.90 Å². The van der Waals surface area contributed by atoms with Crippen LogP contribution in [0, 0.1) is 21.4 Å². The van der Waals surface area contributed by atoms with E-state index in [-0.39, 0.29) is 11.3 Å². The lowest BCUT2D eigenvalue weighted by Crippen LogP contribution is -2.17. The number of nitro benzene ring substituents is 1. The molecule has 0 aliphatic heterocycles. The maximum absolute atomic E-state index is 11.2. The number of thioether (sulfide) groups is 1. The molecule has 22 heavy (non-hydrogen) atoms. The summed E-state index contributed by atoms with van der Waals surface area (Å²) in [5.41, 5.74) is 1.80. The van der Waals surface area contributed by atoms with E-state index in [9.17, 15) is 10.1 Å². The number of rotatable bonds is 5. The van der Waals surface area contributed by atoms with Gasteiger partial charge in [-0.05, 0) is 36.1 Å². The standard InChI is InChI=1S/C16H15N3O2S/c1-18(11-12-3-6-14(22-2)7-4-12)15-8-5-13(10-17)9-16(15)19(20)21/h3-9H,11H2,1-2H3. The van der Waals surface area contributed by atoms with Gasteiger partial charge in [0.1, 0.15) is 5.69 Å². The minimum atomic E-state index is -0.455. The second-order valence-corrected chi connectivity index (χ2v) is 5.66. The molecule has 0 saturated heterocycles. The summed E-state index contributed by atoms with van der Waals surface area (Å²) in [6.45, 7) is 0.557. The molecule has 0 fully saturated rings. The third-order valence-corrected chi connectivity index (χ3v) is 4.03. The number of anilines is 1. The predicted molar refractivity (Wildman–Crippen MR) is 88.1 cm³/mol. The van der Waals surface area contributed by atoms with Crippen LogP contribution in [0.25, 0.3) is 0 Å². The summed E-state index contributed by atoms with van der Waals surface area (Å²) in [4.78, 5) is 13.7. The number of benzene rings is 2. The number of nitro groups is 1. The van der Waals surface area contributed by atoms with E-state index in [1.165, 1.54) is 11.0 Å². The first-order valence-corrected chi connectivity index (χ1v) is 7.80. The van der Waals surface area contributed by atoms with Gasteiger partial charge in [-0.2, -0.15) is 5.26 Å². The van der Waals surface area contributed by atoms with Crippen LogP contribution in [0.2, 0.25) is 0 Å². The molecule has 0 aromatic heterocycles. The summed E-state index contributed by atoms with van der Waals surface area (Å²) in [5.74, 6) is 0. The van der Waals surface area contributed by atoms with E-state index in [2.05, 4.69) is 0 Å². The van der Waals surface area contributed by atoms with Gasteiger partial charge >= 0.3 is 0 Å². The number of hydrogen-bond donors (Lipinski definition) is 0. The molecule has 0 atom stereocenters. The van der Waals surface area contributed by atoms with Crippen molar-refractivity contribution in [1.29, 1.82) is 5.26 Å². The van der Waals surface area contributed by atoms with E-state index in [1.54, 1.807) is 30.9 Å². The monoisotopic (exact) mass is 313 g/mol. The molecule has 0 amide bonds. The Morgan fingerprint density at radius 3 is 2.50 bits per heavy atom. The molecule has 2 aromatic rings. The Hall–Kier alpha value is -2.52. The molecule has 2 aromatic carbocycles. The smallest absolute Gasteiger partial charge is 0.293 e. The Morgan fingerprint density at radius 2 is 1.95 bits per heavy atom. The van der Waals surface area contributed by atoms with Gasteiger partial charge in [0, 0.05) is 24.6 Å². The first-order chi connectivity index (χ1) is 10.5. The van der Waals surface area contributed by atoms with Crippen molar-refractivity contribution in [3.8, 4) is 6.07 Å². The summed E-state index contributed by atoms with van der Waals surface area (Å²) in [6, 6.07) is 14.5. The van der Waals surface area contributed by atoms with Crippen molar-refractivity contribution in [3.63, 3.8) is 0 Å². The molecule has 2 rings (SSSR count). The molecule has 112 valence electrons. The van der Waals surface area contributed by atoms with Gasteiger partial charge in [-0.3, -0.25) is 10.1 Å². The molecular weight excluding hydrogens is 298 g/mol. The zero-order chi connectivity index (χ0) is 16.1. The Balaban J connectivity index is 2.26. The van der Waals surface area contributed by atoms with Gasteiger partial charge in [-0.15, -0.1) is 11.8 Å². The predicted octanol–water partition coefficient (Wildman–Crippen LogP) is 3.82. The fourth-order valence-electron chi connectivity index (χ4n) is 2.15. The van der Waals surface area contributed by atoms with Crippen molar-refractivity contribution in [2.45, 2.75) is 11.4 Å². The van der Waals surface area contributed by atoms with E-state index in [1.807, 2.05) is 41.5 Å². The zero-order valence-corrected chi connectivity index (χ0v) is 13.1. The van der Waals surface area contributed by atoms with Crippen LogP contribution in [0.1, 0.15) is 11.1 Å². The van der Waals surface area contributed by atoms with Crippen molar-refractivity contribution in [2.75, 3.05) is 18.2 Å². The first kappa shape index (κ1) is 15.9. The quantitative estimate of drug-likeness (QED) is 0.477. The third kappa shape index (κ3) is 3.57. The molecule has 5 nitrogen and oxygen atoms in total. The molecule has 0 N–H and O–H groups in total. The van der Waals surface area contributed by atoms with Crippen molar-refractivity contribution < 1.29 is 4.92 Å². The Labute approximate surface area is 133 Å². The second-order valence-electron chi connectivity index (χ2n) is 4.78. The van der Waals surface area contributed by atoms with Crippen LogP contribution in [0.5, 0.6) is 0 Å². The van der Waals surface area contributed by atoms with Crippen LogP contribution in [0.15, 0.2) is 47.4 Å². The average Bonchev–Trinajstić information content (AvgIpc) is 2.54. The van der Waals surface area contributed by atoms with Crippen LogP contribution in [0.4, 0.5) is 11.4 Å². The topological polar surface area (TPSA) is 70.2 Å². The van der Waals surface area contributed by atoms with Crippen molar-refractivity contribution in [2.24, 2.45) is 0 Å². The fourth-order valence-corrected chi connectivity index (χ4v) is 2.56. The lowest BCUT2D eigenvalue weighted by molar-refractivity contribution is -0.384. The van der Waals surface area contributed by atoms with E-state index in [0.717, 1.165) is 5.56 Å². The van der Waals surface area contributed by atoms with Crippen LogP contribution >= 0.6 is 11.8 Å². The van der Waals surface area contributed by atoms with Gasteiger partial charge in [0.05, 0.1) is 16.6 Å². The maximum atomic E-state index is 11.2. The molecule has 0 spiro atoms. The van der Waals surface area contributed by atoms with Gasteiger partial charge in [0.15, 0.2) is 0 Å². The summed E-state index contributed by atoms with van der Waals surface area (Å²) in [6.07, 6.45) is 2.02. The first-order valence-electron chi connectivity index (χ1n) is 6.57. The van der Waals surface area contributed by atoms with Crippen LogP contribution in [0.3, 0.4) is 0 Å². The van der Waals surface area contributed by atoms with E-state index in [4.69, 9.17) is 5.26 Å². The van der Waals surface area contributed by atoms with Gasteiger partial charge in [0.25, 0.3) is 5.69 Å². The second kappa shape index (κ2) is 6.96. The molecule has 0 bridgehead atoms. The molecule has 6 heteroatoms. The highest BCUT2D eigenvalue weighted by Gasteiger charge is 2.18. The summed E-state index contributed by atoms with van der Waals surface area (Å²) in [7, 11) is 1.80. The zero-order valence-electron chi connectivity index (χ0n) is 12.3. The summed E-state index contributed by atoms with van der Waals surface area (Å²) in [5, 5.41) is 20.1. The van der Waals surface area contributed by atoms with E-state index in [0.29, 0.717) is 12.2 Å². The molecule has 0 unspecified atom stereocenters. The highest BCUT2D eigenvalue weighted by Crippen LogP contribution is 2.29. The van der Waals surface area contributed by atoms with Crippen molar-refractivity contribution >= 4 is 23.1 Å². The molecule has 0 aliphatic carbocycles. The van der Waals surface area contributed by atoms with E-state index < -0.39 is 4.92 Å². The largest absolute Gasteiger partial charge is 0.365 e. The molecule has 0 saturated carbocycles. The molecule has 0 radical (unpaired) electrons. The fraction of sp³-hybridized carbons (Fsp3) is 0.188. The van der Waals surface area contributed by atoms with Crippen LogP contribution in [-0.2, 0) is 6.54 Å². The lowest BCUT2D eigenvalue weighted by atomic mass is 10.1. The van der Waals surface area contributed by atoms with Crippen molar-refractivity contribution in [1.82, 2.24) is 0 Å². The highest BCUT2D eigenvalue weighted by molar-refractivity contribution is 7.98. The van der Waals surface area contributed by atoms with Crippen molar-refractivity contribution in [3.05, 3.63) is 63.7 Å². The van der Waals surface area contributed by atoms with Crippen LogP contribution < -0.4 is 4.90 Å². The molecule has 0 aliphatic rings. The third-order valence-electron chi connectivity index (χ3n) is 3.29.